The molecule has 40 valence electrons. The maximum Gasteiger partial charge on any atom is 0.00535 e. The van der Waals surface area contributed by atoms with Crippen molar-refractivity contribution in [3.8, 4) is 0 Å². The van der Waals surface area contributed by atoms with Crippen molar-refractivity contribution in [3.05, 3.63) is 0 Å². The number of rotatable bonds is 2. The molecule has 0 amide bonds. The quantitative estimate of drug-likeness (QED) is 0.533. The molecule has 0 saturated heterocycles. The topological polar surface area (TPSA) is 12.0 Å². The van der Waals surface area contributed by atoms with Crippen molar-refractivity contribution in [2.75, 3.05) is 6.54 Å². The van der Waals surface area contributed by atoms with Crippen LogP contribution in [0.3, 0.4) is 0 Å². The van der Waals surface area contributed by atoms with Crippen LogP contribution in [0.1, 0.15) is 13.3 Å². The Bertz CT molecular complexity index is 18.3. The molecule has 0 fully saturated rings. The summed E-state index contributed by atoms with van der Waals surface area (Å²) >= 11 is 3.75. The minimum absolute atomic E-state index is 0. The van der Waals surface area contributed by atoms with Crippen molar-refractivity contribution in [1.82, 2.24) is 4.72 Å². The summed E-state index contributed by atoms with van der Waals surface area (Å²) < 4.78 is 2.71. The van der Waals surface area contributed by atoms with Crippen molar-refractivity contribution < 1.29 is 0 Å². The van der Waals surface area contributed by atoms with Gasteiger partial charge in [-0.05, 0) is 6.42 Å². The Morgan fingerprint density at radius 1 is 1.67 bits per heavy atom. The second kappa shape index (κ2) is 9.14. The lowest BCUT2D eigenvalue weighted by molar-refractivity contribution is 0.882. The maximum absolute atomic E-state index is 3.75. The van der Waals surface area contributed by atoms with Gasteiger partial charge in [0.15, 0.2) is 0 Å². The van der Waals surface area contributed by atoms with Crippen LogP contribution in [0.25, 0.3) is 0 Å². The van der Waals surface area contributed by atoms with Crippen LogP contribution in [0.5, 0.6) is 0 Å². The van der Waals surface area contributed by atoms with E-state index >= 15 is 0 Å². The summed E-state index contributed by atoms with van der Waals surface area (Å²) in [5.41, 5.74) is 0. The molecule has 0 radical (unpaired) electrons. The Hall–Kier alpha value is 0.600. The lowest BCUT2D eigenvalue weighted by atomic mass is 10.5. The fraction of sp³-hybridized carbons (Fsp3) is 1.00. The second-order valence-electron chi connectivity index (χ2n) is 0.908. The van der Waals surface area contributed by atoms with Crippen molar-refractivity contribution in [2.24, 2.45) is 0 Å². The first-order chi connectivity index (χ1) is 2.41. The summed E-state index contributed by atoms with van der Waals surface area (Å²) in [7, 11) is 0. The zero-order valence-electron chi connectivity index (χ0n) is 3.77. The molecule has 0 atom stereocenters. The fourth-order valence-corrected chi connectivity index (χ4v) is 0.335. The normalized spacial score (nSPS) is 7.00. The number of halogens is 1. The van der Waals surface area contributed by atoms with Gasteiger partial charge in [0.05, 0.1) is 0 Å². The van der Waals surface area contributed by atoms with Crippen LogP contribution in [0.4, 0.5) is 0 Å². The molecule has 0 rings (SSSR count). The molecule has 1 nitrogen and oxygen atoms in total. The summed E-state index contributed by atoms with van der Waals surface area (Å²) in [5, 5.41) is 0. The van der Waals surface area contributed by atoms with Gasteiger partial charge in [-0.25, -0.2) is 0 Å². The first kappa shape index (κ1) is 9.78. The zero-order chi connectivity index (χ0) is 4.12. The number of hydrogen-bond acceptors (Lipinski definition) is 2. The molecule has 0 aliphatic carbocycles. The Balaban J connectivity index is 0. The Morgan fingerprint density at radius 3 is 2.17 bits per heavy atom. The molecule has 0 spiro atoms. The summed E-state index contributed by atoms with van der Waals surface area (Å²) in [6.07, 6.45) is 1.16. The molecule has 0 aromatic carbocycles. The second-order valence-corrected chi connectivity index (χ2v) is 1.22. The summed E-state index contributed by atoms with van der Waals surface area (Å²) in [4.78, 5) is 0. The largest absolute Gasteiger partial charge is 0.267 e. The number of thiol groups is 1. The molecule has 0 aliphatic heterocycles. The van der Waals surface area contributed by atoms with E-state index in [1.54, 1.807) is 0 Å². The van der Waals surface area contributed by atoms with Gasteiger partial charge < -0.3 is 0 Å². The van der Waals surface area contributed by atoms with Crippen LogP contribution in [-0.2, 0) is 0 Å². The minimum atomic E-state index is 0. The minimum Gasteiger partial charge on any atom is -0.267 e. The van der Waals surface area contributed by atoms with E-state index in [1.165, 1.54) is 0 Å². The van der Waals surface area contributed by atoms with Gasteiger partial charge in [-0.15, -0.1) is 12.4 Å². The van der Waals surface area contributed by atoms with Gasteiger partial charge in [0.2, 0.25) is 0 Å². The Morgan fingerprint density at radius 2 is 2.17 bits per heavy atom. The highest BCUT2D eigenvalue weighted by atomic mass is 35.5. The first-order valence-corrected chi connectivity index (χ1v) is 2.23. The van der Waals surface area contributed by atoms with Crippen LogP contribution >= 0.6 is 25.2 Å². The van der Waals surface area contributed by atoms with Gasteiger partial charge in [-0.3, -0.25) is 4.72 Å². The van der Waals surface area contributed by atoms with E-state index in [0.717, 1.165) is 13.0 Å². The molecule has 0 bridgehead atoms. The van der Waals surface area contributed by atoms with Crippen LogP contribution in [0, 0.1) is 0 Å². The lowest BCUT2D eigenvalue weighted by Gasteiger charge is -1.83. The van der Waals surface area contributed by atoms with E-state index in [0.29, 0.717) is 0 Å². The SMILES string of the molecule is CCCNS.Cl. The molecule has 0 aromatic heterocycles. The fourth-order valence-electron chi connectivity index (χ4n) is 0.112. The van der Waals surface area contributed by atoms with E-state index in [-0.39, 0.29) is 12.4 Å². The monoisotopic (exact) mass is 127 g/mol. The summed E-state index contributed by atoms with van der Waals surface area (Å²) in [6.45, 7) is 3.10. The van der Waals surface area contributed by atoms with Crippen molar-refractivity contribution in [2.45, 2.75) is 13.3 Å². The van der Waals surface area contributed by atoms with Gasteiger partial charge in [-0.2, -0.15) is 0 Å². The molecule has 0 aromatic rings. The lowest BCUT2D eigenvalue weighted by Crippen LogP contribution is -1.96. The van der Waals surface area contributed by atoms with Gasteiger partial charge in [0, 0.05) is 6.54 Å². The third-order valence-electron chi connectivity index (χ3n) is 0.362. The van der Waals surface area contributed by atoms with Gasteiger partial charge >= 0.3 is 0 Å². The van der Waals surface area contributed by atoms with Gasteiger partial charge in [-0.1, -0.05) is 19.7 Å². The van der Waals surface area contributed by atoms with E-state index in [9.17, 15) is 0 Å². The molecule has 6 heavy (non-hydrogen) atoms. The van der Waals surface area contributed by atoms with Crippen LogP contribution in [0.2, 0.25) is 0 Å². The van der Waals surface area contributed by atoms with E-state index in [1.807, 2.05) is 0 Å². The molecular formula is C3H10ClNS. The highest BCUT2D eigenvalue weighted by Gasteiger charge is 1.65. The van der Waals surface area contributed by atoms with Crippen molar-refractivity contribution in [3.63, 3.8) is 0 Å². The van der Waals surface area contributed by atoms with E-state index in [2.05, 4.69) is 24.5 Å². The Kier molecular flexibility index (Phi) is 14.9. The third-order valence-corrected chi connectivity index (χ3v) is 0.585. The van der Waals surface area contributed by atoms with Crippen LogP contribution < -0.4 is 4.72 Å². The van der Waals surface area contributed by atoms with Crippen molar-refractivity contribution in [1.29, 1.82) is 0 Å². The maximum atomic E-state index is 3.75. The predicted molar refractivity (Wildman–Crippen MR) is 34.5 cm³/mol. The molecule has 0 unspecified atom stereocenters. The zero-order valence-corrected chi connectivity index (χ0v) is 5.48. The third kappa shape index (κ3) is 8.82. The first-order valence-electron chi connectivity index (χ1n) is 1.78. The Labute approximate surface area is 50.5 Å². The standard InChI is InChI=1S/C3H9NS.ClH/c1-2-3-4-5;/h4-5H,2-3H2,1H3;1H. The van der Waals surface area contributed by atoms with Crippen LogP contribution in [0.15, 0.2) is 0 Å². The average Bonchev–Trinajstić information content (AvgIpc) is 1.41. The molecule has 0 saturated carbocycles. The molecule has 0 aliphatic rings. The average molecular weight is 128 g/mol. The molecule has 0 heterocycles. The van der Waals surface area contributed by atoms with Gasteiger partial charge in [0.1, 0.15) is 0 Å². The van der Waals surface area contributed by atoms with Crippen LogP contribution in [-0.4, -0.2) is 6.54 Å². The van der Waals surface area contributed by atoms with Gasteiger partial charge in [0.25, 0.3) is 0 Å². The molecular weight excluding hydrogens is 118 g/mol. The van der Waals surface area contributed by atoms with Crippen molar-refractivity contribution >= 4 is 25.2 Å². The summed E-state index contributed by atoms with van der Waals surface area (Å²) in [5.74, 6) is 0. The predicted octanol–water partition coefficient (Wildman–Crippen LogP) is 1.25. The molecule has 3 heteroatoms. The highest BCUT2D eigenvalue weighted by Crippen LogP contribution is 1.67. The van der Waals surface area contributed by atoms with E-state index in [4.69, 9.17) is 0 Å². The summed E-state index contributed by atoms with van der Waals surface area (Å²) in [6, 6.07) is 0. The molecule has 1 N–H and O–H groups in total. The number of nitrogens with one attached hydrogen (secondary N) is 1. The highest BCUT2D eigenvalue weighted by molar-refractivity contribution is 7.78. The smallest absolute Gasteiger partial charge is 0.00535 e. The van der Waals surface area contributed by atoms with E-state index < -0.39 is 0 Å². The number of hydrogen-bond donors (Lipinski definition) is 2.